The second-order valence-electron chi connectivity index (χ2n) is 5.04. The van der Waals surface area contributed by atoms with Crippen molar-refractivity contribution in [2.45, 2.75) is 13.3 Å². The van der Waals surface area contributed by atoms with Crippen LogP contribution in [0.4, 0.5) is 10.1 Å². The molecule has 0 atom stereocenters. The molecular weight excluding hydrogens is 313 g/mol. The van der Waals surface area contributed by atoms with Gasteiger partial charge in [0.2, 0.25) is 5.91 Å². The van der Waals surface area contributed by atoms with Crippen molar-refractivity contribution in [3.8, 4) is 10.7 Å². The van der Waals surface area contributed by atoms with Crippen molar-refractivity contribution in [1.29, 1.82) is 0 Å². The molecule has 1 N–H and O–H groups in total. The van der Waals surface area contributed by atoms with E-state index in [4.69, 9.17) is 0 Å². The highest BCUT2D eigenvalue weighted by atomic mass is 32.1. The molecule has 2 aromatic heterocycles. The molecule has 4 nitrogen and oxygen atoms in total. The summed E-state index contributed by atoms with van der Waals surface area (Å²) in [6, 6.07) is 9.92. The molecule has 0 aliphatic heterocycles. The van der Waals surface area contributed by atoms with Gasteiger partial charge in [-0.05, 0) is 36.8 Å². The fourth-order valence-corrected chi connectivity index (χ4v) is 2.88. The summed E-state index contributed by atoms with van der Waals surface area (Å²) in [6.45, 7) is 1.82. The van der Waals surface area contributed by atoms with Gasteiger partial charge in [-0.2, -0.15) is 0 Å². The van der Waals surface area contributed by atoms with Crippen molar-refractivity contribution in [3.05, 3.63) is 65.0 Å². The van der Waals surface area contributed by atoms with Crippen LogP contribution in [0.3, 0.4) is 0 Å². The SMILES string of the molecule is Cc1ccc(F)cc1NC(=O)Cc1csc(-c2ccccn2)n1. The Morgan fingerprint density at radius 1 is 1.30 bits per heavy atom. The fraction of sp³-hybridized carbons (Fsp3) is 0.118. The van der Waals surface area contributed by atoms with Crippen LogP contribution in [0.1, 0.15) is 11.3 Å². The summed E-state index contributed by atoms with van der Waals surface area (Å²) in [5.74, 6) is -0.603. The van der Waals surface area contributed by atoms with Gasteiger partial charge in [0.1, 0.15) is 10.8 Å². The smallest absolute Gasteiger partial charge is 0.230 e. The molecule has 0 radical (unpaired) electrons. The van der Waals surface area contributed by atoms with Crippen LogP contribution in [0.15, 0.2) is 48.0 Å². The number of aromatic nitrogens is 2. The van der Waals surface area contributed by atoms with Gasteiger partial charge in [-0.25, -0.2) is 9.37 Å². The first-order valence-electron chi connectivity index (χ1n) is 7.03. The molecule has 1 aromatic carbocycles. The van der Waals surface area contributed by atoms with Crippen molar-refractivity contribution in [3.63, 3.8) is 0 Å². The molecule has 0 saturated heterocycles. The molecule has 0 aliphatic carbocycles. The zero-order valence-electron chi connectivity index (χ0n) is 12.4. The van der Waals surface area contributed by atoms with E-state index in [-0.39, 0.29) is 18.1 Å². The second-order valence-corrected chi connectivity index (χ2v) is 5.90. The first kappa shape index (κ1) is 15.3. The minimum Gasteiger partial charge on any atom is -0.325 e. The summed E-state index contributed by atoms with van der Waals surface area (Å²) in [6.07, 6.45) is 1.84. The van der Waals surface area contributed by atoms with Gasteiger partial charge in [-0.15, -0.1) is 11.3 Å². The van der Waals surface area contributed by atoms with Gasteiger partial charge in [-0.1, -0.05) is 12.1 Å². The molecule has 1 amide bonds. The number of hydrogen-bond donors (Lipinski definition) is 1. The van der Waals surface area contributed by atoms with Crippen LogP contribution >= 0.6 is 11.3 Å². The van der Waals surface area contributed by atoms with E-state index in [0.717, 1.165) is 16.3 Å². The number of anilines is 1. The van der Waals surface area contributed by atoms with E-state index in [0.29, 0.717) is 11.4 Å². The van der Waals surface area contributed by atoms with Gasteiger partial charge < -0.3 is 5.32 Å². The molecular formula is C17H14FN3OS. The van der Waals surface area contributed by atoms with Crippen LogP contribution in [0.5, 0.6) is 0 Å². The molecule has 0 spiro atoms. The molecule has 2 heterocycles. The number of carbonyl (C=O) groups is 1. The van der Waals surface area contributed by atoms with Crippen LogP contribution in [0.25, 0.3) is 10.7 Å². The van der Waals surface area contributed by atoms with Gasteiger partial charge >= 0.3 is 0 Å². The average Bonchev–Trinajstić information content (AvgIpc) is 3.00. The summed E-state index contributed by atoms with van der Waals surface area (Å²) in [4.78, 5) is 20.8. The highest BCUT2D eigenvalue weighted by molar-refractivity contribution is 7.13. The van der Waals surface area contributed by atoms with Crippen LogP contribution in [-0.2, 0) is 11.2 Å². The Kier molecular flexibility index (Phi) is 4.43. The lowest BCUT2D eigenvalue weighted by Crippen LogP contribution is -2.15. The van der Waals surface area contributed by atoms with E-state index in [1.54, 1.807) is 12.3 Å². The van der Waals surface area contributed by atoms with Crippen molar-refractivity contribution in [2.24, 2.45) is 0 Å². The van der Waals surface area contributed by atoms with Crippen LogP contribution in [0, 0.1) is 12.7 Å². The van der Waals surface area contributed by atoms with Gasteiger partial charge in [0.05, 0.1) is 17.8 Å². The molecule has 0 fully saturated rings. The third kappa shape index (κ3) is 3.78. The molecule has 3 aromatic rings. The van der Waals surface area contributed by atoms with E-state index in [9.17, 15) is 9.18 Å². The second kappa shape index (κ2) is 6.66. The zero-order valence-corrected chi connectivity index (χ0v) is 13.2. The van der Waals surface area contributed by atoms with Crippen LogP contribution < -0.4 is 5.32 Å². The number of benzene rings is 1. The molecule has 23 heavy (non-hydrogen) atoms. The predicted molar refractivity (Wildman–Crippen MR) is 88.8 cm³/mol. The Balaban J connectivity index is 1.69. The third-order valence-corrected chi connectivity index (χ3v) is 4.16. The summed E-state index contributed by atoms with van der Waals surface area (Å²) in [5.41, 5.74) is 2.75. The quantitative estimate of drug-likeness (QED) is 0.792. The number of nitrogens with one attached hydrogen (secondary N) is 1. The fourth-order valence-electron chi connectivity index (χ4n) is 2.08. The molecule has 6 heteroatoms. The Bertz CT molecular complexity index is 833. The molecule has 3 rings (SSSR count). The number of thiazole rings is 1. The molecule has 0 bridgehead atoms. The first-order valence-corrected chi connectivity index (χ1v) is 7.91. The topological polar surface area (TPSA) is 54.9 Å². The minimum atomic E-state index is -0.378. The van der Waals surface area contributed by atoms with Crippen molar-refractivity contribution in [1.82, 2.24) is 9.97 Å². The Morgan fingerprint density at radius 2 is 2.17 bits per heavy atom. The Morgan fingerprint density at radius 3 is 2.96 bits per heavy atom. The number of amides is 1. The lowest BCUT2D eigenvalue weighted by atomic mass is 10.2. The maximum absolute atomic E-state index is 13.2. The lowest BCUT2D eigenvalue weighted by molar-refractivity contribution is -0.115. The number of aryl methyl sites for hydroxylation is 1. The van der Waals surface area contributed by atoms with Crippen LogP contribution in [0.2, 0.25) is 0 Å². The molecule has 116 valence electrons. The van der Waals surface area contributed by atoms with E-state index in [1.807, 2.05) is 30.5 Å². The number of rotatable bonds is 4. The lowest BCUT2D eigenvalue weighted by Gasteiger charge is -2.07. The van der Waals surface area contributed by atoms with E-state index >= 15 is 0 Å². The highest BCUT2D eigenvalue weighted by Gasteiger charge is 2.11. The van der Waals surface area contributed by atoms with Gasteiger partial charge in [0.15, 0.2) is 0 Å². The molecule has 0 unspecified atom stereocenters. The summed E-state index contributed by atoms with van der Waals surface area (Å²) >= 11 is 1.44. The van der Waals surface area contributed by atoms with Gasteiger partial charge in [-0.3, -0.25) is 9.78 Å². The number of halogens is 1. The maximum atomic E-state index is 13.2. The van der Waals surface area contributed by atoms with E-state index < -0.39 is 0 Å². The van der Waals surface area contributed by atoms with E-state index in [1.165, 1.54) is 23.5 Å². The van der Waals surface area contributed by atoms with Gasteiger partial charge in [0, 0.05) is 17.3 Å². The maximum Gasteiger partial charge on any atom is 0.230 e. The number of pyridine rings is 1. The molecule has 0 aliphatic rings. The summed E-state index contributed by atoms with van der Waals surface area (Å²) < 4.78 is 13.2. The van der Waals surface area contributed by atoms with E-state index in [2.05, 4.69) is 15.3 Å². The molecule has 0 saturated carbocycles. The highest BCUT2D eigenvalue weighted by Crippen LogP contribution is 2.22. The van der Waals surface area contributed by atoms with Crippen molar-refractivity contribution in [2.75, 3.05) is 5.32 Å². The van der Waals surface area contributed by atoms with Crippen molar-refractivity contribution < 1.29 is 9.18 Å². The number of nitrogens with zero attached hydrogens (tertiary/aromatic N) is 2. The predicted octanol–water partition coefficient (Wildman–Crippen LogP) is 3.83. The summed E-state index contributed by atoms with van der Waals surface area (Å²) in [5, 5.41) is 5.33. The van der Waals surface area contributed by atoms with Crippen LogP contribution in [-0.4, -0.2) is 15.9 Å². The summed E-state index contributed by atoms with van der Waals surface area (Å²) in [7, 11) is 0. The first-order chi connectivity index (χ1) is 11.1. The number of carbonyl (C=O) groups excluding carboxylic acids is 1. The van der Waals surface area contributed by atoms with Gasteiger partial charge in [0.25, 0.3) is 0 Å². The largest absolute Gasteiger partial charge is 0.325 e. The number of hydrogen-bond acceptors (Lipinski definition) is 4. The average molecular weight is 327 g/mol. The standard InChI is InChI=1S/C17H14FN3OS/c1-11-5-6-12(18)8-15(11)21-16(22)9-13-10-23-17(20-13)14-4-2-3-7-19-14/h2-8,10H,9H2,1H3,(H,21,22). The zero-order chi connectivity index (χ0) is 16.2. The minimum absolute atomic E-state index is 0.138. The van der Waals surface area contributed by atoms with Crippen molar-refractivity contribution >= 4 is 22.9 Å². The monoisotopic (exact) mass is 327 g/mol. The Hall–Kier alpha value is -2.60. The third-order valence-electron chi connectivity index (χ3n) is 3.25. The normalized spacial score (nSPS) is 10.5. The Labute approximate surface area is 137 Å².